The van der Waals surface area contributed by atoms with Crippen LogP contribution in [0.15, 0.2) is 12.1 Å². The van der Waals surface area contributed by atoms with Gasteiger partial charge in [-0.1, -0.05) is 12.1 Å². The van der Waals surface area contributed by atoms with E-state index in [0.717, 1.165) is 11.0 Å². The Kier molecular flexibility index (Phi) is 2.20. The summed E-state index contributed by atoms with van der Waals surface area (Å²) in [6.45, 7) is 8.60. The average molecular weight is 242 g/mol. The molecule has 2 nitrogen and oxygen atoms in total. The third-order valence-electron chi connectivity index (χ3n) is 3.64. The Labute approximate surface area is 105 Å². The number of hydrogen-bond donors (Lipinski definition) is 0. The van der Waals surface area contributed by atoms with E-state index in [2.05, 4.69) is 48.6 Å². The Morgan fingerprint density at radius 2 is 1.18 bits per heavy atom. The SMILES string of the molecule is Cc1cc2c(C)c3nsnc3c(C)c2cc1C. The maximum atomic E-state index is 4.41. The molecule has 0 spiro atoms. The lowest BCUT2D eigenvalue weighted by atomic mass is 9.95. The summed E-state index contributed by atoms with van der Waals surface area (Å²) in [5, 5.41) is 2.62. The van der Waals surface area contributed by atoms with E-state index in [1.807, 2.05) is 0 Å². The maximum absolute atomic E-state index is 4.41. The Morgan fingerprint density at radius 1 is 0.765 bits per heavy atom. The minimum atomic E-state index is 1.06. The molecule has 3 aromatic rings. The van der Waals surface area contributed by atoms with Crippen molar-refractivity contribution in [2.75, 3.05) is 0 Å². The zero-order valence-corrected chi connectivity index (χ0v) is 11.3. The summed E-state index contributed by atoms with van der Waals surface area (Å²) < 4.78 is 8.82. The Bertz CT molecular complexity index is 679. The first-order chi connectivity index (χ1) is 8.09. The van der Waals surface area contributed by atoms with E-state index in [0.29, 0.717) is 0 Å². The summed E-state index contributed by atoms with van der Waals surface area (Å²) in [6.07, 6.45) is 0. The van der Waals surface area contributed by atoms with Crippen LogP contribution in [-0.2, 0) is 0 Å². The second kappa shape index (κ2) is 3.50. The fraction of sp³-hybridized carbons (Fsp3) is 0.286. The molecule has 3 heteroatoms. The highest BCUT2D eigenvalue weighted by molar-refractivity contribution is 7.00. The van der Waals surface area contributed by atoms with E-state index in [-0.39, 0.29) is 0 Å². The van der Waals surface area contributed by atoms with Crippen molar-refractivity contribution < 1.29 is 0 Å². The quantitative estimate of drug-likeness (QED) is 0.593. The van der Waals surface area contributed by atoms with Crippen molar-refractivity contribution in [1.29, 1.82) is 0 Å². The molecule has 0 saturated carbocycles. The van der Waals surface area contributed by atoms with Crippen LogP contribution in [0.3, 0.4) is 0 Å². The summed E-state index contributed by atoms with van der Waals surface area (Å²) in [4.78, 5) is 0. The van der Waals surface area contributed by atoms with Gasteiger partial charge in [-0.2, -0.15) is 8.75 Å². The molecule has 1 aromatic heterocycles. The van der Waals surface area contributed by atoms with E-state index in [1.165, 1.54) is 44.8 Å². The molecule has 0 fully saturated rings. The predicted molar refractivity (Wildman–Crippen MR) is 73.9 cm³/mol. The molecular weight excluding hydrogens is 228 g/mol. The molecular formula is C14H14N2S. The van der Waals surface area contributed by atoms with Gasteiger partial charge in [0.1, 0.15) is 11.0 Å². The first-order valence-corrected chi connectivity index (χ1v) is 6.45. The summed E-state index contributed by atoms with van der Waals surface area (Å²) in [7, 11) is 0. The van der Waals surface area contributed by atoms with Gasteiger partial charge in [0.25, 0.3) is 0 Å². The number of aryl methyl sites for hydroxylation is 4. The summed E-state index contributed by atoms with van der Waals surface area (Å²) in [5.41, 5.74) is 7.28. The van der Waals surface area contributed by atoms with E-state index in [1.54, 1.807) is 0 Å². The van der Waals surface area contributed by atoms with E-state index < -0.39 is 0 Å². The molecule has 0 aliphatic rings. The van der Waals surface area contributed by atoms with Gasteiger partial charge in [-0.05, 0) is 60.7 Å². The summed E-state index contributed by atoms with van der Waals surface area (Å²) >= 11 is 1.30. The molecule has 86 valence electrons. The van der Waals surface area contributed by atoms with Crippen LogP contribution in [0, 0.1) is 27.7 Å². The van der Waals surface area contributed by atoms with Crippen LogP contribution in [0.4, 0.5) is 0 Å². The number of aromatic nitrogens is 2. The molecule has 1 heterocycles. The molecule has 0 atom stereocenters. The second-order valence-electron chi connectivity index (χ2n) is 4.69. The highest BCUT2D eigenvalue weighted by Crippen LogP contribution is 2.32. The number of benzene rings is 2. The largest absolute Gasteiger partial charge is 0.173 e. The van der Waals surface area contributed by atoms with Crippen molar-refractivity contribution in [2.45, 2.75) is 27.7 Å². The van der Waals surface area contributed by atoms with Crippen LogP contribution in [0.25, 0.3) is 21.8 Å². The lowest BCUT2D eigenvalue weighted by Gasteiger charge is -2.10. The van der Waals surface area contributed by atoms with Gasteiger partial charge in [0.2, 0.25) is 0 Å². The van der Waals surface area contributed by atoms with Gasteiger partial charge in [0, 0.05) is 0 Å². The van der Waals surface area contributed by atoms with Gasteiger partial charge in [0.05, 0.1) is 11.7 Å². The minimum absolute atomic E-state index is 1.06. The molecule has 0 amide bonds. The van der Waals surface area contributed by atoms with Crippen LogP contribution >= 0.6 is 11.7 Å². The zero-order chi connectivity index (χ0) is 12.2. The molecule has 0 bridgehead atoms. The third-order valence-corrected chi connectivity index (χ3v) is 4.17. The first-order valence-electron chi connectivity index (χ1n) is 5.72. The summed E-state index contributed by atoms with van der Waals surface area (Å²) in [5.74, 6) is 0. The smallest absolute Gasteiger partial charge is 0.108 e. The fourth-order valence-electron chi connectivity index (χ4n) is 2.37. The number of fused-ring (bicyclic) bond motifs is 2. The Hall–Kier alpha value is -1.48. The topological polar surface area (TPSA) is 25.8 Å². The molecule has 0 unspecified atom stereocenters. The lowest BCUT2D eigenvalue weighted by molar-refractivity contribution is 1.35. The molecule has 2 aromatic carbocycles. The molecule has 17 heavy (non-hydrogen) atoms. The predicted octanol–water partition coefficient (Wildman–Crippen LogP) is 4.08. The van der Waals surface area contributed by atoms with Crippen molar-refractivity contribution in [1.82, 2.24) is 8.75 Å². The van der Waals surface area contributed by atoms with Crippen LogP contribution in [-0.4, -0.2) is 8.75 Å². The normalized spacial score (nSPS) is 11.5. The van der Waals surface area contributed by atoms with Gasteiger partial charge >= 0.3 is 0 Å². The first kappa shape index (κ1) is 10.7. The molecule has 0 aliphatic carbocycles. The van der Waals surface area contributed by atoms with Crippen LogP contribution in [0.2, 0.25) is 0 Å². The third kappa shape index (κ3) is 1.39. The van der Waals surface area contributed by atoms with E-state index >= 15 is 0 Å². The molecule has 0 aliphatic heterocycles. The van der Waals surface area contributed by atoms with Gasteiger partial charge < -0.3 is 0 Å². The van der Waals surface area contributed by atoms with Gasteiger partial charge in [-0.25, -0.2) is 0 Å². The Balaban J connectivity index is 2.63. The van der Waals surface area contributed by atoms with Crippen molar-refractivity contribution >= 4 is 33.5 Å². The van der Waals surface area contributed by atoms with Gasteiger partial charge in [-0.3, -0.25) is 0 Å². The molecule has 0 radical (unpaired) electrons. The molecule has 0 N–H and O–H groups in total. The molecule has 0 saturated heterocycles. The zero-order valence-electron chi connectivity index (χ0n) is 10.5. The number of nitrogens with zero attached hydrogens (tertiary/aromatic N) is 2. The molecule has 3 rings (SSSR count). The van der Waals surface area contributed by atoms with Gasteiger partial charge in [-0.15, -0.1) is 0 Å². The highest BCUT2D eigenvalue weighted by atomic mass is 32.1. The highest BCUT2D eigenvalue weighted by Gasteiger charge is 2.12. The van der Waals surface area contributed by atoms with Crippen molar-refractivity contribution in [3.63, 3.8) is 0 Å². The summed E-state index contributed by atoms with van der Waals surface area (Å²) in [6, 6.07) is 4.54. The fourth-order valence-corrected chi connectivity index (χ4v) is 3.02. The van der Waals surface area contributed by atoms with E-state index in [9.17, 15) is 0 Å². The van der Waals surface area contributed by atoms with Crippen LogP contribution < -0.4 is 0 Å². The van der Waals surface area contributed by atoms with Crippen LogP contribution in [0.5, 0.6) is 0 Å². The van der Waals surface area contributed by atoms with Gasteiger partial charge in [0.15, 0.2) is 0 Å². The number of rotatable bonds is 0. The Morgan fingerprint density at radius 3 is 1.59 bits per heavy atom. The standard InChI is InChI=1S/C14H14N2S/c1-7-5-11-9(3)13-14(16-17-15-13)10(4)12(11)6-8(7)2/h5-6H,1-4H3. The lowest BCUT2D eigenvalue weighted by Crippen LogP contribution is -1.90. The van der Waals surface area contributed by atoms with Crippen LogP contribution in [0.1, 0.15) is 22.3 Å². The van der Waals surface area contributed by atoms with E-state index in [4.69, 9.17) is 0 Å². The average Bonchev–Trinajstić information content (AvgIpc) is 2.78. The maximum Gasteiger partial charge on any atom is 0.108 e. The minimum Gasteiger partial charge on any atom is -0.173 e. The number of hydrogen-bond acceptors (Lipinski definition) is 3. The van der Waals surface area contributed by atoms with Crippen molar-refractivity contribution in [3.05, 3.63) is 34.4 Å². The van der Waals surface area contributed by atoms with Crippen molar-refractivity contribution in [2.24, 2.45) is 0 Å². The van der Waals surface area contributed by atoms with Crippen molar-refractivity contribution in [3.8, 4) is 0 Å². The second-order valence-corrected chi connectivity index (χ2v) is 5.22. The monoisotopic (exact) mass is 242 g/mol.